The van der Waals surface area contributed by atoms with Crippen LogP contribution in [0.25, 0.3) is 0 Å². The van der Waals surface area contributed by atoms with Gasteiger partial charge in [-0.25, -0.2) is 0 Å². The SMILES string of the molecule is CC(CNC(=O)c1cc([N+](=O)[O-])cn1C1CC1)C(=O)O. The van der Waals surface area contributed by atoms with Crippen LogP contribution in [0.4, 0.5) is 5.69 Å². The van der Waals surface area contributed by atoms with E-state index >= 15 is 0 Å². The standard InChI is InChI=1S/C12H15N3O5/c1-7(12(17)18)5-13-11(16)10-4-9(15(19)20)6-14(10)8-2-3-8/h4,6-8H,2-3,5H2,1H3,(H,13,16)(H,17,18). The molecule has 1 aliphatic rings. The Morgan fingerprint density at radius 3 is 2.75 bits per heavy atom. The summed E-state index contributed by atoms with van der Waals surface area (Å²) in [5.41, 5.74) is 0.0742. The minimum atomic E-state index is -1.01. The monoisotopic (exact) mass is 281 g/mol. The predicted octanol–water partition coefficient (Wildman–Crippen LogP) is 1.18. The Labute approximate surface area is 114 Å². The maximum atomic E-state index is 12.0. The van der Waals surface area contributed by atoms with E-state index in [1.807, 2.05) is 0 Å². The van der Waals surface area contributed by atoms with Crippen molar-refractivity contribution < 1.29 is 19.6 Å². The molecule has 0 saturated heterocycles. The van der Waals surface area contributed by atoms with Crippen LogP contribution in [0.3, 0.4) is 0 Å². The first-order chi connectivity index (χ1) is 9.40. The quantitative estimate of drug-likeness (QED) is 0.600. The van der Waals surface area contributed by atoms with Gasteiger partial charge in [0.2, 0.25) is 0 Å². The highest BCUT2D eigenvalue weighted by atomic mass is 16.6. The zero-order valence-electron chi connectivity index (χ0n) is 10.9. The van der Waals surface area contributed by atoms with Gasteiger partial charge in [0.05, 0.1) is 17.0 Å². The lowest BCUT2D eigenvalue weighted by Crippen LogP contribution is -2.32. The lowest BCUT2D eigenvalue weighted by Gasteiger charge is -2.10. The molecular formula is C12H15N3O5. The smallest absolute Gasteiger partial charge is 0.308 e. The molecule has 1 aromatic rings. The number of nitrogens with one attached hydrogen (secondary N) is 1. The first-order valence-corrected chi connectivity index (χ1v) is 6.27. The number of hydrogen-bond acceptors (Lipinski definition) is 4. The van der Waals surface area contributed by atoms with Crippen LogP contribution in [0.2, 0.25) is 0 Å². The lowest BCUT2D eigenvalue weighted by molar-refractivity contribution is -0.384. The number of carbonyl (C=O) groups is 2. The van der Waals surface area contributed by atoms with Gasteiger partial charge in [-0.2, -0.15) is 0 Å². The van der Waals surface area contributed by atoms with Crippen molar-refractivity contribution in [2.45, 2.75) is 25.8 Å². The van der Waals surface area contributed by atoms with Crippen molar-refractivity contribution in [2.75, 3.05) is 6.54 Å². The third kappa shape index (κ3) is 2.95. The summed E-state index contributed by atoms with van der Waals surface area (Å²) in [6.45, 7) is 1.46. The maximum absolute atomic E-state index is 12.0. The second-order valence-corrected chi connectivity index (χ2v) is 4.93. The largest absolute Gasteiger partial charge is 0.481 e. The van der Waals surface area contributed by atoms with Crippen LogP contribution in [0.5, 0.6) is 0 Å². The summed E-state index contributed by atoms with van der Waals surface area (Å²) in [6, 6.07) is 1.35. The van der Waals surface area contributed by atoms with Gasteiger partial charge in [0, 0.05) is 18.7 Å². The van der Waals surface area contributed by atoms with Gasteiger partial charge in [0.25, 0.3) is 11.6 Å². The number of carboxylic acids is 1. The molecule has 2 rings (SSSR count). The van der Waals surface area contributed by atoms with Gasteiger partial charge in [-0.15, -0.1) is 0 Å². The summed E-state index contributed by atoms with van der Waals surface area (Å²) in [5, 5.41) is 22.0. The van der Waals surface area contributed by atoms with Crippen molar-refractivity contribution in [1.29, 1.82) is 0 Å². The number of amides is 1. The molecule has 8 nitrogen and oxygen atoms in total. The van der Waals surface area contributed by atoms with E-state index in [2.05, 4.69) is 5.32 Å². The molecule has 2 N–H and O–H groups in total. The van der Waals surface area contributed by atoms with E-state index in [1.165, 1.54) is 19.2 Å². The van der Waals surface area contributed by atoms with Crippen molar-refractivity contribution in [2.24, 2.45) is 5.92 Å². The van der Waals surface area contributed by atoms with E-state index in [0.29, 0.717) is 0 Å². The minimum Gasteiger partial charge on any atom is -0.481 e. The predicted molar refractivity (Wildman–Crippen MR) is 68.5 cm³/mol. The summed E-state index contributed by atoms with van der Waals surface area (Å²) in [7, 11) is 0. The Kier molecular flexibility index (Phi) is 3.73. The Morgan fingerprint density at radius 1 is 1.60 bits per heavy atom. The molecule has 108 valence electrons. The highest BCUT2D eigenvalue weighted by molar-refractivity contribution is 5.93. The zero-order valence-corrected chi connectivity index (χ0v) is 10.9. The van der Waals surface area contributed by atoms with E-state index in [-0.39, 0.29) is 24.0 Å². The fourth-order valence-electron chi connectivity index (χ4n) is 1.83. The molecule has 20 heavy (non-hydrogen) atoms. The van der Waals surface area contributed by atoms with Crippen LogP contribution in [0, 0.1) is 16.0 Å². The topological polar surface area (TPSA) is 114 Å². The fourth-order valence-corrected chi connectivity index (χ4v) is 1.83. The van der Waals surface area contributed by atoms with Gasteiger partial charge in [-0.3, -0.25) is 19.7 Å². The van der Waals surface area contributed by atoms with Gasteiger partial charge in [0.15, 0.2) is 0 Å². The number of hydrogen-bond donors (Lipinski definition) is 2. The normalized spacial score (nSPS) is 15.7. The molecule has 0 aliphatic heterocycles. The molecule has 1 unspecified atom stereocenters. The van der Waals surface area contributed by atoms with Crippen LogP contribution in [-0.2, 0) is 4.79 Å². The highest BCUT2D eigenvalue weighted by Crippen LogP contribution is 2.37. The van der Waals surface area contributed by atoms with Gasteiger partial charge in [-0.1, -0.05) is 6.92 Å². The molecule has 0 aromatic carbocycles. The molecule has 0 spiro atoms. The number of carboxylic acid groups (broad SMARTS) is 1. The molecule has 1 aromatic heterocycles. The summed E-state index contributed by atoms with van der Waals surface area (Å²) in [4.78, 5) is 32.9. The van der Waals surface area contributed by atoms with Crippen LogP contribution in [-0.4, -0.2) is 33.0 Å². The van der Waals surface area contributed by atoms with E-state index in [9.17, 15) is 19.7 Å². The van der Waals surface area contributed by atoms with Crippen molar-refractivity contribution in [3.8, 4) is 0 Å². The van der Waals surface area contributed by atoms with E-state index in [1.54, 1.807) is 4.57 Å². The molecule has 1 fully saturated rings. The van der Waals surface area contributed by atoms with Gasteiger partial charge >= 0.3 is 5.97 Å². The summed E-state index contributed by atoms with van der Waals surface area (Å²) >= 11 is 0. The number of carbonyl (C=O) groups excluding carboxylic acids is 1. The molecule has 1 saturated carbocycles. The Morgan fingerprint density at radius 2 is 2.25 bits per heavy atom. The Balaban J connectivity index is 2.12. The molecule has 8 heteroatoms. The lowest BCUT2D eigenvalue weighted by atomic mass is 10.2. The van der Waals surface area contributed by atoms with E-state index in [4.69, 9.17) is 5.11 Å². The first-order valence-electron chi connectivity index (χ1n) is 6.27. The number of rotatable bonds is 6. The minimum absolute atomic E-state index is 0.0161. The van der Waals surface area contributed by atoms with E-state index in [0.717, 1.165) is 12.8 Å². The fraction of sp³-hybridized carbons (Fsp3) is 0.500. The van der Waals surface area contributed by atoms with E-state index < -0.39 is 22.7 Å². The third-order valence-corrected chi connectivity index (χ3v) is 3.21. The summed E-state index contributed by atoms with van der Waals surface area (Å²) in [6.07, 6.45) is 3.13. The number of nitro groups is 1. The Bertz CT molecular complexity index is 561. The molecule has 0 radical (unpaired) electrons. The number of aromatic nitrogens is 1. The average Bonchev–Trinajstić information content (AvgIpc) is 3.13. The second kappa shape index (κ2) is 5.32. The van der Waals surface area contributed by atoms with Crippen molar-refractivity contribution >= 4 is 17.6 Å². The van der Waals surface area contributed by atoms with Gasteiger partial charge in [-0.05, 0) is 12.8 Å². The van der Waals surface area contributed by atoms with Crippen LogP contribution < -0.4 is 5.32 Å². The highest BCUT2D eigenvalue weighted by Gasteiger charge is 2.30. The Hall–Kier alpha value is -2.38. The molecule has 0 bridgehead atoms. The number of nitrogens with zero attached hydrogens (tertiary/aromatic N) is 2. The maximum Gasteiger partial charge on any atom is 0.308 e. The number of aliphatic carboxylic acids is 1. The summed E-state index contributed by atoms with van der Waals surface area (Å²) in [5.74, 6) is -2.20. The zero-order chi connectivity index (χ0) is 14.9. The average molecular weight is 281 g/mol. The van der Waals surface area contributed by atoms with Crippen molar-refractivity contribution in [1.82, 2.24) is 9.88 Å². The second-order valence-electron chi connectivity index (χ2n) is 4.93. The van der Waals surface area contributed by atoms with Gasteiger partial charge in [0.1, 0.15) is 5.69 Å². The first kappa shape index (κ1) is 14.0. The molecule has 1 aliphatic carbocycles. The van der Waals surface area contributed by atoms with Crippen LogP contribution >= 0.6 is 0 Å². The van der Waals surface area contributed by atoms with Crippen molar-refractivity contribution in [3.05, 3.63) is 28.1 Å². The molecule has 1 heterocycles. The van der Waals surface area contributed by atoms with Crippen LogP contribution in [0.1, 0.15) is 36.3 Å². The molecular weight excluding hydrogens is 266 g/mol. The van der Waals surface area contributed by atoms with Crippen molar-refractivity contribution in [3.63, 3.8) is 0 Å². The van der Waals surface area contributed by atoms with Gasteiger partial charge < -0.3 is 15.0 Å². The van der Waals surface area contributed by atoms with Crippen LogP contribution in [0.15, 0.2) is 12.3 Å². The molecule has 1 atom stereocenters. The molecule has 1 amide bonds. The summed E-state index contributed by atoms with van der Waals surface area (Å²) < 4.78 is 1.60. The third-order valence-electron chi connectivity index (χ3n) is 3.21.